The van der Waals surface area contributed by atoms with Crippen LogP contribution >= 0.6 is 0 Å². The zero-order valence-corrected chi connectivity index (χ0v) is 12.4. The molecule has 108 valence electrons. The van der Waals surface area contributed by atoms with Gasteiger partial charge in [0.1, 0.15) is 5.82 Å². The summed E-state index contributed by atoms with van der Waals surface area (Å²) in [4.78, 5) is 22.6. The summed E-state index contributed by atoms with van der Waals surface area (Å²) in [6.07, 6.45) is 3.29. The number of fused-ring (bicyclic) bond motifs is 1. The Morgan fingerprint density at radius 1 is 1.45 bits per heavy atom. The third kappa shape index (κ3) is 3.56. The standard InChI is InChI=1S/C15H21N3O2/c1-9(7-15(2,3)4)5-12-17-11-6-10(14(19)20)8-16-13(11)18-12/h6,8-9H,5,7H2,1-4H3,(H,19,20)(H,16,17,18). The number of pyridine rings is 1. The topological polar surface area (TPSA) is 78.9 Å². The Kier molecular flexibility index (Phi) is 3.79. The predicted octanol–water partition coefficient (Wildman–Crippen LogP) is 3.27. The summed E-state index contributed by atoms with van der Waals surface area (Å²) < 4.78 is 0. The molecule has 5 heteroatoms. The van der Waals surface area contributed by atoms with Gasteiger partial charge in [-0.3, -0.25) is 0 Å². The van der Waals surface area contributed by atoms with Crippen molar-refractivity contribution in [3.63, 3.8) is 0 Å². The van der Waals surface area contributed by atoms with E-state index in [1.54, 1.807) is 6.07 Å². The molecule has 0 radical (unpaired) electrons. The molecule has 1 atom stereocenters. The number of carboxylic acids is 1. The first-order chi connectivity index (χ1) is 9.24. The van der Waals surface area contributed by atoms with Crippen LogP contribution in [-0.2, 0) is 6.42 Å². The van der Waals surface area contributed by atoms with Crippen molar-refractivity contribution in [3.05, 3.63) is 23.7 Å². The van der Waals surface area contributed by atoms with Crippen LogP contribution in [-0.4, -0.2) is 26.0 Å². The number of carboxylic acid groups (broad SMARTS) is 1. The van der Waals surface area contributed by atoms with Crippen molar-refractivity contribution in [2.75, 3.05) is 0 Å². The molecule has 0 bridgehead atoms. The number of H-pyrrole nitrogens is 1. The summed E-state index contributed by atoms with van der Waals surface area (Å²) >= 11 is 0. The number of hydrogen-bond acceptors (Lipinski definition) is 3. The summed E-state index contributed by atoms with van der Waals surface area (Å²) in [5.74, 6) is 0.401. The lowest BCUT2D eigenvalue weighted by atomic mass is 9.84. The number of rotatable bonds is 4. The smallest absolute Gasteiger partial charge is 0.337 e. The van der Waals surface area contributed by atoms with Crippen LogP contribution in [0, 0.1) is 11.3 Å². The van der Waals surface area contributed by atoms with Gasteiger partial charge in [-0.25, -0.2) is 14.8 Å². The van der Waals surface area contributed by atoms with Crippen LogP contribution in [0.2, 0.25) is 0 Å². The fourth-order valence-corrected chi connectivity index (χ4v) is 2.61. The molecule has 20 heavy (non-hydrogen) atoms. The number of carbonyl (C=O) groups is 1. The van der Waals surface area contributed by atoms with Crippen LogP contribution in [0.25, 0.3) is 11.2 Å². The molecule has 2 heterocycles. The van der Waals surface area contributed by atoms with Gasteiger partial charge in [-0.05, 0) is 23.8 Å². The van der Waals surface area contributed by atoms with Crippen molar-refractivity contribution in [3.8, 4) is 0 Å². The van der Waals surface area contributed by atoms with Gasteiger partial charge in [0.2, 0.25) is 0 Å². The number of aromatic amines is 1. The number of nitrogens with zero attached hydrogens (tertiary/aromatic N) is 2. The van der Waals surface area contributed by atoms with Crippen molar-refractivity contribution in [1.29, 1.82) is 0 Å². The van der Waals surface area contributed by atoms with Crippen LogP contribution in [0.5, 0.6) is 0 Å². The van der Waals surface area contributed by atoms with Gasteiger partial charge in [-0.2, -0.15) is 0 Å². The minimum absolute atomic E-state index is 0.176. The Bertz CT molecular complexity index is 626. The van der Waals surface area contributed by atoms with Crippen molar-refractivity contribution >= 4 is 17.1 Å². The predicted molar refractivity (Wildman–Crippen MR) is 77.8 cm³/mol. The summed E-state index contributed by atoms with van der Waals surface area (Å²) in [5, 5.41) is 8.95. The maximum Gasteiger partial charge on any atom is 0.337 e. The molecule has 2 rings (SSSR count). The maximum atomic E-state index is 10.9. The summed E-state index contributed by atoms with van der Waals surface area (Å²) in [6.45, 7) is 8.88. The Hall–Kier alpha value is -1.91. The van der Waals surface area contributed by atoms with Crippen molar-refractivity contribution in [2.45, 2.75) is 40.5 Å². The quantitative estimate of drug-likeness (QED) is 0.897. The molecule has 0 fully saturated rings. The second-order valence-electron chi connectivity index (χ2n) is 6.66. The van der Waals surface area contributed by atoms with E-state index in [-0.39, 0.29) is 5.56 Å². The molecule has 0 aliphatic heterocycles. The molecule has 0 spiro atoms. The van der Waals surface area contributed by atoms with Gasteiger partial charge in [-0.15, -0.1) is 0 Å². The van der Waals surface area contributed by atoms with E-state index in [0.29, 0.717) is 22.5 Å². The van der Waals surface area contributed by atoms with Crippen LogP contribution in [0.1, 0.15) is 50.3 Å². The highest BCUT2D eigenvalue weighted by Crippen LogP contribution is 2.26. The third-order valence-corrected chi connectivity index (χ3v) is 3.14. The van der Waals surface area contributed by atoms with Gasteiger partial charge in [0.25, 0.3) is 0 Å². The number of aromatic carboxylic acids is 1. The van der Waals surface area contributed by atoms with Gasteiger partial charge in [0.05, 0.1) is 11.1 Å². The second-order valence-corrected chi connectivity index (χ2v) is 6.66. The molecule has 2 aromatic rings. The normalized spacial score (nSPS) is 13.6. The van der Waals surface area contributed by atoms with Gasteiger partial charge in [0.15, 0.2) is 5.65 Å². The third-order valence-electron chi connectivity index (χ3n) is 3.14. The van der Waals surface area contributed by atoms with E-state index in [0.717, 1.165) is 18.7 Å². The van der Waals surface area contributed by atoms with Crippen molar-refractivity contribution < 1.29 is 9.90 Å². The molecule has 2 aromatic heterocycles. The lowest BCUT2D eigenvalue weighted by Gasteiger charge is -2.22. The second kappa shape index (κ2) is 5.23. The minimum atomic E-state index is -0.975. The van der Waals surface area contributed by atoms with E-state index in [1.807, 2.05) is 0 Å². The van der Waals surface area contributed by atoms with E-state index < -0.39 is 5.97 Å². The van der Waals surface area contributed by atoms with E-state index >= 15 is 0 Å². The van der Waals surface area contributed by atoms with E-state index in [1.165, 1.54) is 6.20 Å². The first-order valence-corrected chi connectivity index (χ1v) is 6.82. The number of imidazole rings is 1. The average molecular weight is 275 g/mol. The minimum Gasteiger partial charge on any atom is -0.478 e. The molecule has 0 aliphatic carbocycles. The van der Waals surface area contributed by atoms with Crippen LogP contribution < -0.4 is 0 Å². The van der Waals surface area contributed by atoms with E-state index in [9.17, 15) is 4.79 Å². The molecule has 0 saturated heterocycles. The lowest BCUT2D eigenvalue weighted by molar-refractivity contribution is 0.0696. The Labute approximate surface area is 118 Å². The number of nitrogens with one attached hydrogen (secondary N) is 1. The Balaban J connectivity index is 2.17. The summed E-state index contributed by atoms with van der Waals surface area (Å²) in [7, 11) is 0. The van der Waals surface area contributed by atoms with Crippen LogP contribution in [0.3, 0.4) is 0 Å². The summed E-state index contributed by atoms with van der Waals surface area (Å²) in [5.41, 5.74) is 1.73. The molecular weight excluding hydrogens is 254 g/mol. The Morgan fingerprint density at radius 3 is 2.75 bits per heavy atom. The number of hydrogen-bond donors (Lipinski definition) is 2. The monoisotopic (exact) mass is 275 g/mol. The van der Waals surface area contributed by atoms with E-state index in [4.69, 9.17) is 5.11 Å². The average Bonchev–Trinajstić information content (AvgIpc) is 2.66. The summed E-state index contributed by atoms with van der Waals surface area (Å²) in [6, 6.07) is 1.58. The largest absolute Gasteiger partial charge is 0.478 e. The van der Waals surface area contributed by atoms with Crippen LogP contribution in [0.15, 0.2) is 12.3 Å². The lowest BCUT2D eigenvalue weighted by Crippen LogP contribution is -2.13. The molecule has 1 unspecified atom stereocenters. The fourth-order valence-electron chi connectivity index (χ4n) is 2.61. The SMILES string of the molecule is CC(Cc1nc2ncc(C(=O)O)cc2[nH]1)CC(C)(C)C. The molecular formula is C15H21N3O2. The van der Waals surface area contributed by atoms with Gasteiger partial charge in [-0.1, -0.05) is 27.7 Å². The van der Waals surface area contributed by atoms with Crippen LogP contribution in [0.4, 0.5) is 0 Å². The molecule has 2 N–H and O–H groups in total. The van der Waals surface area contributed by atoms with Crippen molar-refractivity contribution in [1.82, 2.24) is 15.0 Å². The maximum absolute atomic E-state index is 10.9. The van der Waals surface area contributed by atoms with Crippen molar-refractivity contribution in [2.24, 2.45) is 11.3 Å². The Morgan fingerprint density at radius 2 is 2.15 bits per heavy atom. The molecule has 5 nitrogen and oxygen atoms in total. The van der Waals surface area contributed by atoms with Gasteiger partial charge >= 0.3 is 5.97 Å². The first kappa shape index (κ1) is 14.5. The highest BCUT2D eigenvalue weighted by molar-refractivity contribution is 5.90. The van der Waals surface area contributed by atoms with E-state index in [2.05, 4.69) is 42.6 Å². The van der Waals surface area contributed by atoms with Gasteiger partial charge < -0.3 is 10.1 Å². The zero-order valence-electron chi connectivity index (χ0n) is 12.4. The molecule has 0 amide bonds. The molecule has 0 saturated carbocycles. The number of aromatic nitrogens is 3. The highest BCUT2D eigenvalue weighted by Gasteiger charge is 2.17. The zero-order chi connectivity index (χ0) is 14.9. The molecule has 0 aromatic carbocycles. The van der Waals surface area contributed by atoms with Gasteiger partial charge in [0, 0.05) is 12.6 Å². The molecule has 0 aliphatic rings. The highest BCUT2D eigenvalue weighted by atomic mass is 16.4. The fraction of sp³-hybridized carbons (Fsp3) is 0.533. The first-order valence-electron chi connectivity index (χ1n) is 6.82.